The summed E-state index contributed by atoms with van der Waals surface area (Å²) in [6.07, 6.45) is 81.4. The summed E-state index contributed by atoms with van der Waals surface area (Å²) < 4.78 is 16.9. The van der Waals surface area contributed by atoms with Gasteiger partial charge in [-0.1, -0.05) is 254 Å². The minimum absolute atomic E-state index is 0.0861. The summed E-state index contributed by atoms with van der Waals surface area (Å²) in [5.41, 5.74) is 0. The summed E-state index contributed by atoms with van der Waals surface area (Å²) in [5.74, 6) is -0.899. The first-order valence-corrected chi connectivity index (χ1v) is 31.6. The molecule has 0 aromatic carbocycles. The van der Waals surface area contributed by atoms with Crippen molar-refractivity contribution in [2.75, 3.05) is 13.2 Å². The van der Waals surface area contributed by atoms with Crippen molar-refractivity contribution in [1.82, 2.24) is 0 Å². The molecular formula is C68H118O6. The fourth-order valence-electron chi connectivity index (χ4n) is 8.80. The molecule has 0 aromatic heterocycles. The topological polar surface area (TPSA) is 78.9 Å². The normalized spacial score (nSPS) is 12.6. The molecule has 426 valence electrons. The Kier molecular flexibility index (Phi) is 59.3. The number of rotatable bonds is 57. The largest absolute Gasteiger partial charge is 0.462 e. The molecule has 0 spiro atoms. The number of hydrogen-bond acceptors (Lipinski definition) is 6. The second kappa shape index (κ2) is 62.1. The van der Waals surface area contributed by atoms with E-state index in [1.807, 2.05) is 0 Å². The van der Waals surface area contributed by atoms with E-state index in [1.165, 1.54) is 173 Å². The van der Waals surface area contributed by atoms with E-state index in [4.69, 9.17) is 14.2 Å². The van der Waals surface area contributed by atoms with E-state index in [9.17, 15) is 14.4 Å². The predicted octanol–water partition coefficient (Wildman–Crippen LogP) is 21.5. The second-order valence-corrected chi connectivity index (χ2v) is 21.0. The monoisotopic (exact) mass is 1030 g/mol. The lowest BCUT2D eigenvalue weighted by molar-refractivity contribution is -0.167. The van der Waals surface area contributed by atoms with Crippen LogP contribution >= 0.6 is 0 Å². The van der Waals surface area contributed by atoms with Crippen molar-refractivity contribution >= 4 is 17.9 Å². The molecule has 0 saturated heterocycles. The maximum absolute atomic E-state index is 12.9. The van der Waals surface area contributed by atoms with Crippen LogP contribution in [0, 0.1) is 0 Å². The molecule has 1 unspecified atom stereocenters. The van der Waals surface area contributed by atoms with Gasteiger partial charge in [-0.25, -0.2) is 0 Å². The van der Waals surface area contributed by atoms with Crippen LogP contribution in [0.4, 0.5) is 0 Å². The van der Waals surface area contributed by atoms with Crippen molar-refractivity contribution in [3.8, 4) is 0 Å². The van der Waals surface area contributed by atoms with Crippen molar-refractivity contribution in [1.29, 1.82) is 0 Å². The van der Waals surface area contributed by atoms with Crippen LogP contribution in [0.1, 0.15) is 310 Å². The van der Waals surface area contributed by atoms with Crippen LogP contribution in [-0.2, 0) is 28.6 Å². The molecule has 0 aliphatic rings. The van der Waals surface area contributed by atoms with Crippen molar-refractivity contribution in [3.63, 3.8) is 0 Å². The molecule has 0 aliphatic heterocycles. The lowest BCUT2D eigenvalue weighted by Gasteiger charge is -2.18. The quantitative estimate of drug-likeness (QED) is 0.0261. The van der Waals surface area contributed by atoms with Crippen LogP contribution in [0.5, 0.6) is 0 Å². The van der Waals surface area contributed by atoms with E-state index < -0.39 is 6.10 Å². The first-order valence-electron chi connectivity index (χ1n) is 31.6. The van der Waals surface area contributed by atoms with E-state index in [-0.39, 0.29) is 31.1 Å². The molecule has 1 atom stereocenters. The molecule has 0 heterocycles. The molecule has 0 rings (SSSR count). The standard InChI is InChI=1S/C68H118O6/c1-4-7-10-13-16-19-22-25-28-31-34-37-40-43-46-49-52-55-58-61-67(70)73-64-65(63-72-66(69)60-57-54-51-48-45-42-39-36-33-30-27-24-21-18-15-12-9-6-3)74-68(71)62-59-56-53-50-47-44-41-38-35-32-29-26-23-20-17-14-11-8-5-2/h16-17,19-21,24-26,28-30,33-34,37,65H,4-15,18,22-23,27,31-32,35-36,38-64H2,1-3H3/b19-16-,20-17-,24-21-,28-25-,29-26-,33-30-,37-34-. The molecule has 0 bridgehead atoms. The Balaban J connectivity index is 4.43. The van der Waals surface area contributed by atoms with E-state index in [1.54, 1.807) is 0 Å². The summed E-state index contributed by atoms with van der Waals surface area (Å²) in [5, 5.41) is 0. The average Bonchev–Trinajstić information content (AvgIpc) is 3.40. The zero-order valence-corrected chi connectivity index (χ0v) is 48.8. The third kappa shape index (κ3) is 59.5. The Hall–Kier alpha value is -3.41. The molecule has 74 heavy (non-hydrogen) atoms. The highest BCUT2D eigenvalue weighted by atomic mass is 16.6. The van der Waals surface area contributed by atoms with E-state index in [0.717, 1.165) is 96.3 Å². The van der Waals surface area contributed by atoms with Crippen molar-refractivity contribution in [2.24, 2.45) is 0 Å². The summed E-state index contributed by atoms with van der Waals surface area (Å²) in [4.78, 5) is 38.3. The van der Waals surface area contributed by atoms with Gasteiger partial charge >= 0.3 is 17.9 Å². The first kappa shape index (κ1) is 70.6. The average molecular weight is 1030 g/mol. The Bertz CT molecular complexity index is 1420. The van der Waals surface area contributed by atoms with Crippen molar-refractivity contribution < 1.29 is 28.6 Å². The van der Waals surface area contributed by atoms with Crippen LogP contribution < -0.4 is 0 Å². The fraction of sp³-hybridized carbons (Fsp3) is 0.750. The molecule has 6 nitrogen and oxygen atoms in total. The Morgan fingerprint density at radius 2 is 0.486 bits per heavy atom. The molecular weight excluding hydrogens is 913 g/mol. The highest BCUT2D eigenvalue weighted by molar-refractivity contribution is 5.71. The third-order valence-corrected chi connectivity index (χ3v) is 13.6. The maximum atomic E-state index is 12.9. The summed E-state index contributed by atoms with van der Waals surface area (Å²) in [7, 11) is 0. The zero-order chi connectivity index (χ0) is 53.6. The SMILES string of the molecule is CCCCC/C=C\C/C=C\C/C=C\CCCCCCCCC(=O)OCC(COC(=O)CCCCCCCCC/C=C\C/C=C\CCCCCC)OC(=O)CCCCCCCCCCC/C=C\C/C=C\CCCCC. The van der Waals surface area contributed by atoms with Gasteiger partial charge in [0.2, 0.25) is 0 Å². The highest BCUT2D eigenvalue weighted by Crippen LogP contribution is 2.15. The van der Waals surface area contributed by atoms with Crippen LogP contribution in [0.15, 0.2) is 85.1 Å². The van der Waals surface area contributed by atoms with Gasteiger partial charge in [-0.05, 0) is 122 Å². The minimum atomic E-state index is -0.790. The van der Waals surface area contributed by atoms with Crippen LogP contribution in [0.25, 0.3) is 0 Å². The second-order valence-electron chi connectivity index (χ2n) is 21.0. The van der Waals surface area contributed by atoms with E-state index in [0.29, 0.717) is 19.3 Å². The van der Waals surface area contributed by atoms with Crippen molar-refractivity contribution in [2.45, 2.75) is 316 Å². The van der Waals surface area contributed by atoms with Crippen LogP contribution in [0.2, 0.25) is 0 Å². The molecule has 6 heteroatoms. The van der Waals surface area contributed by atoms with Gasteiger partial charge in [0.1, 0.15) is 13.2 Å². The van der Waals surface area contributed by atoms with Crippen molar-refractivity contribution in [3.05, 3.63) is 85.1 Å². The number of ether oxygens (including phenoxy) is 3. The zero-order valence-electron chi connectivity index (χ0n) is 48.8. The third-order valence-electron chi connectivity index (χ3n) is 13.6. The summed E-state index contributed by atoms with van der Waals surface area (Å²) in [6.45, 7) is 6.58. The number of hydrogen-bond donors (Lipinski definition) is 0. The number of allylic oxidation sites excluding steroid dienone is 14. The smallest absolute Gasteiger partial charge is 0.306 e. The van der Waals surface area contributed by atoms with Gasteiger partial charge in [0.25, 0.3) is 0 Å². The summed E-state index contributed by atoms with van der Waals surface area (Å²) in [6, 6.07) is 0. The Morgan fingerprint density at radius 1 is 0.270 bits per heavy atom. The van der Waals surface area contributed by atoms with Crippen LogP contribution in [-0.4, -0.2) is 37.2 Å². The lowest BCUT2D eigenvalue weighted by Crippen LogP contribution is -2.30. The Labute approximate surface area is 458 Å². The maximum Gasteiger partial charge on any atom is 0.306 e. The lowest BCUT2D eigenvalue weighted by atomic mass is 10.1. The van der Waals surface area contributed by atoms with Gasteiger partial charge in [-0.3, -0.25) is 14.4 Å². The number of carbonyl (C=O) groups excluding carboxylic acids is 3. The van der Waals surface area contributed by atoms with Gasteiger partial charge in [-0.2, -0.15) is 0 Å². The highest BCUT2D eigenvalue weighted by Gasteiger charge is 2.19. The predicted molar refractivity (Wildman–Crippen MR) is 321 cm³/mol. The Morgan fingerprint density at radius 3 is 0.784 bits per heavy atom. The molecule has 0 amide bonds. The molecule has 0 fully saturated rings. The minimum Gasteiger partial charge on any atom is -0.462 e. The number of unbranched alkanes of at least 4 members (excludes halogenated alkanes) is 32. The van der Waals surface area contributed by atoms with E-state index >= 15 is 0 Å². The molecule has 0 aliphatic carbocycles. The molecule has 0 aromatic rings. The van der Waals surface area contributed by atoms with Crippen LogP contribution in [0.3, 0.4) is 0 Å². The number of carbonyl (C=O) groups is 3. The van der Waals surface area contributed by atoms with Gasteiger partial charge in [0.15, 0.2) is 6.10 Å². The fourth-order valence-corrected chi connectivity index (χ4v) is 8.80. The molecule has 0 radical (unpaired) electrons. The van der Waals surface area contributed by atoms with Gasteiger partial charge in [0.05, 0.1) is 0 Å². The number of esters is 3. The first-order chi connectivity index (χ1) is 36.5. The van der Waals surface area contributed by atoms with Gasteiger partial charge < -0.3 is 14.2 Å². The van der Waals surface area contributed by atoms with E-state index in [2.05, 4.69) is 106 Å². The van der Waals surface area contributed by atoms with Gasteiger partial charge in [0, 0.05) is 19.3 Å². The molecule has 0 N–H and O–H groups in total. The van der Waals surface area contributed by atoms with Gasteiger partial charge in [-0.15, -0.1) is 0 Å². The molecule has 0 saturated carbocycles. The summed E-state index contributed by atoms with van der Waals surface area (Å²) >= 11 is 0.